The number of rotatable bonds is 6. The Kier molecular flexibility index (Phi) is 6.93. The van der Waals surface area contributed by atoms with E-state index in [1.165, 1.54) is 23.7 Å². The van der Waals surface area contributed by atoms with Crippen molar-refractivity contribution in [3.05, 3.63) is 46.2 Å². The Morgan fingerprint density at radius 2 is 2.31 bits per heavy atom. The van der Waals surface area contributed by atoms with Crippen LogP contribution in [-0.4, -0.2) is 47.8 Å². The van der Waals surface area contributed by atoms with Crippen LogP contribution < -0.4 is 5.32 Å². The zero-order valence-corrected chi connectivity index (χ0v) is 18.4. The van der Waals surface area contributed by atoms with Crippen molar-refractivity contribution >= 4 is 34.4 Å². The molecular weight excluding hydrogens is 430 g/mol. The number of furan rings is 1. The van der Waals surface area contributed by atoms with Gasteiger partial charge in [-0.3, -0.25) is 4.79 Å². The number of aliphatic hydroxyl groups is 1. The number of nitrogens with zero attached hydrogens (tertiary/aromatic N) is 2. The van der Waals surface area contributed by atoms with Gasteiger partial charge in [0.25, 0.3) is 0 Å². The number of fused-ring (bicyclic) bond motifs is 1. The minimum atomic E-state index is -0.368. The van der Waals surface area contributed by atoms with Crippen LogP contribution in [0.5, 0.6) is 0 Å². The Hall–Kier alpha value is -3.09. The molecule has 2 unspecified atom stereocenters. The van der Waals surface area contributed by atoms with Gasteiger partial charge in [-0.1, -0.05) is 0 Å². The Morgan fingerprint density at radius 1 is 1.44 bits per heavy atom. The lowest BCUT2D eigenvalue weighted by Crippen LogP contribution is -2.38. The number of aliphatic hydroxyl groups excluding tert-OH is 1. The molecule has 1 fully saturated rings. The molecule has 3 heterocycles. The van der Waals surface area contributed by atoms with Crippen molar-refractivity contribution in [2.45, 2.75) is 38.1 Å². The third kappa shape index (κ3) is 4.87. The van der Waals surface area contributed by atoms with Crippen LogP contribution in [-0.2, 0) is 22.4 Å². The van der Waals surface area contributed by atoms with Gasteiger partial charge in [-0.2, -0.15) is 5.26 Å². The second kappa shape index (κ2) is 10.0. The van der Waals surface area contributed by atoms with Crippen LogP contribution in [0.1, 0.15) is 41.0 Å². The van der Waals surface area contributed by atoms with Crippen LogP contribution in [0.25, 0.3) is 6.08 Å². The minimum Gasteiger partial charge on any atom is -0.465 e. The summed E-state index contributed by atoms with van der Waals surface area (Å²) < 4.78 is 10.7. The monoisotopic (exact) mass is 455 g/mol. The molecule has 9 heteroatoms. The topological polar surface area (TPSA) is 116 Å². The van der Waals surface area contributed by atoms with Crippen LogP contribution >= 0.6 is 11.3 Å². The molecule has 1 aliphatic carbocycles. The maximum Gasteiger partial charge on any atom is 0.410 e. The molecule has 2 N–H and O–H groups in total. The zero-order chi connectivity index (χ0) is 22.5. The van der Waals surface area contributed by atoms with Gasteiger partial charge in [-0.05, 0) is 61.8 Å². The largest absolute Gasteiger partial charge is 0.465 e. The van der Waals surface area contributed by atoms with E-state index in [2.05, 4.69) is 11.4 Å². The minimum absolute atomic E-state index is 0.0424. The number of carbonyl (C=O) groups excluding carboxylic acids is 2. The van der Waals surface area contributed by atoms with Crippen LogP contribution in [0.15, 0.2) is 28.9 Å². The highest BCUT2D eigenvalue weighted by atomic mass is 32.1. The molecule has 8 nitrogen and oxygen atoms in total. The summed E-state index contributed by atoms with van der Waals surface area (Å²) in [4.78, 5) is 27.3. The van der Waals surface area contributed by atoms with E-state index < -0.39 is 0 Å². The molecule has 2 aliphatic rings. The molecule has 0 radical (unpaired) electrons. The van der Waals surface area contributed by atoms with E-state index in [0.29, 0.717) is 42.3 Å². The van der Waals surface area contributed by atoms with Gasteiger partial charge < -0.3 is 24.5 Å². The Labute approximate surface area is 190 Å². The summed E-state index contributed by atoms with van der Waals surface area (Å²) in [5.41, 5.74) is 1.49. The highest BCUT2D eigenvalue weighted by molar-refractivity contribution is 7.16. The van der Waals surface area contributed by atoms with Gasteiger partial charge in [0.05, 0.1) is 31.1 Å². The molecule has 1 aliphatic heterocycles. The molecule has 0 aromatic carbocycles. The molecule has 4 rings (SSSR count). The van der Waals surface area contributed by atoms with Gasteiger partial charge in [0, 0.05) is 17.5 Å². The number of carbonyl (C=O) groups is 2. The summed E-state index contributed by atoms with van der Waals surface area (Å²) in [6.45, 7) is 0.881. The number of nitriles is 1. The summed E-state index contributed by atoms with van der Waals surface area (Å²) in [7, 11) is 0. The third-order valence-corrected chi connectivity index (χ3v) is 7.09. The fourth-order valence-electron chi connectivity index (χ4n) is 4.24. The number of thiophene rings is 1. The van der Waals surface area contributed by atoms with Crippen LogP contribution in [0, 0.1) is 17.2 Å². The quantitative estimate of drug-likeness (QED) is 0.644. The van der Waals surface area contributed by atoms with Crippen molar-refractivity contribution in [3.8, 4) is 6.07 Å². The smallest absolute Gasteiger partial charge is 0.410 e. The SMILES string of the molecule is N#Cc1c(NC(=O)/C=C/c2ccco2)sc2c1CCC(COC(=O)N1CCCC1CO)C2. The van der Waals surface area contributed by atoms with E-state index >= 15 is 0 Å². The van der Waals surface area contributed by atoms with Crippen molar-refractivity contribution in [1.29, 1.82) is 5.26 Å². The maximum absolute atomic E-state index is 12.4. The van der Waals surface area contributed by atoms with Gasteiger partial charge in [0.1, 0.15) is 16.8 Å². The molecule has 2 aromatic rings. The lowest BCUT2D eigenvalue weighted by atomic mass is 9.88. The maximum atomic E-state index is 12.4. The molecule has 2 aromatic heterocycles. The number of nitrogens with one attached hydrogen (secondary N) is 1. The Morgan fingerprint density at radius 3 is 3.06 bits per heavy atom. The van der Waals surface area contributed by atoms with Crippen molar-refractivity contribution in [1.82, 2.24) is 4.90 Å². The van der Waals surface area contributed by atoms with Gasteiger partial charge in [0.15, 0.2) is 0 Å². The molecule has 1 saturated heterocycles. The number of amides is 2. The van der Waals surface area contributed by atoms with Gasteiger partial charge in [0.2, 0.25) is 5.91 Å². The first-order valence-electron chi connectivity index (χ1n) is 10.7. The Balaban J connectivity index is 1.36. The number of anilines is 1. The highest BCUT2D eigenvalue weighted by Gasteiger charge is 2.31. The first-order valence-corrected chi connectivity index (χ1v) is 11.5. The number of hydrogen-bond donors (Lipinski definition) is 2. The van der Waals surface area contributed by atoms with E-state index in [4.69, 9.17) is 9.15 Å². The number of likely N-dealkylation sites (tertiary alicyclic amines) is 1. The molecular formula is C23H25N3O5S. The molecule has 0 bridgehead atoms. The highest BCUT2D eigenvalue weighted by Crippen LogP contribution is 2.39. The van der Waals surface area contributed by atoms with E-state index in [9.17, 15) is 20.0 Å². The van der Waals surface area contributed by atoms with E-state index in [-0.39, 0.29) is 30.6 Å². The average molecular weight is 456 g/mol. The molecule has 32 heavy (non-hydrogen) atoms. The first kappa shape index (κ1) is 22.1. The van der Waals surface area contributed by atoms with Crippen molar-refractivity contribution in [3.63, 3.8) is 0 Å². The second-order valence-electron chi connectivity index (χ2n) is 8.02. The van der Waals surface area contributed by atoms with Gasteiger partial charge in [-0.15, -0.1) is 11.3 Å². The molecule has 2 amide bonds. The van der Waals surface area contributed by atoms with Gasteiger partial charge in [-0.25, -0.2) is 4.79 Å². The fraction of sp³-hybridized carbons (Fsp3) is 0.435. The fourth-order valence-corrected chi connectivity index (χ4v) is 5.55. The Bertz CT molecular complexity index is 1040. The number of hydrogen-bond acceptors (Lipinski definition) is 7. The van der Waals surface area contributed by atoms with Crippen LogP contribution in [0.3, 0.4) is 0 Å². The lowest BCUT2D eigenvalue weighted by Gasteiger charge is -2.25. The van der Waals surface area contributed by atoms with Crippen LogP contribution in [0.4, 0.5) is 9.80 Å². The average Bonchev–Trinajstić information content (AvgIpc) is 3.55. The summed E-state index contributed by atoms with van der Waals surface area (Å²) >= 11 is 1.41. The van der Waals surface area contributed by atoms with Gasteiger partial charge >= 0.3 is 6.09 Å². The summed E-state index contributed by atoms with van der Waals surface area (Å²) in [5, 5.41) is 22.4. The molecule has 168 valence electrons. The summed E-state index contributed by atoms with van der Waals surface area (Å²) in [6.07, 6.45) is 8.00. The van der Waals surface area contributed by atoms with Crippen molar-refractivity contribution in [2.24, 2.45) is 5.92 Å². The molecule has 0 spiro atoms. The zero-order valence-electron chi connectivity index (χ0n) is 17.6. The predicted octanol–water partition coefficient (Wildman–Crippen LogP) is 3.56. The molecule has 0 saturated carbocycles. The standard InChI is InChI=1S/C23H25N3O5S/c24-12-19-18-7-5-15(14-31-23(29)26-9-1-3-16(26)13-27)11-20(18)32-22(19)25-21(28)8-6-17-4-2-10-30-17/h2,4,6,8,10,15-16,27H,1,3,5,7,9,11,13-14H2,(H,25,28)/b8-6+. The van der Waals surface area contributed by atoms with E-state index in [1.54, 1.807) is 23.1 Å². The van der Waals surface area contributed by atoms with E-state index in [1.807, 2.05) is 0 Å². The second-order valence-corrected chi connectivity index (χ2v) is 9.12. The predicted molar refractivity (Wildman–Crippen MR) is 119 cm³/mol. The third-order valence-electron chi connectivity index (χ3n) is 5.92. The van der Waals surface area contributed by atoms with Crippen LogP contribution in [0.2, 0.25) is 0 Å². The van der Waals surface area contributed by atoms with Crippen molar-refractivity contribution in [2.75, 3.05) is 25.1 Å². The lowest BCUT2D eigenvalue weighted by molar-refractivity contribution is -0.111. The summed E-state index contributed by atoms with van der Waals surface area (Å²) in [6, 6.07) is 5.56. The normalized spacial score (nSPS) is 20.2. The summed E-state index contributed by atoms with van der Waals surface area (Å²) in [5.74, 6) is 0.406. The van der Waals surface area contributed by atoms with Crippen molar-refractivity contribution < 1.29 is 23.8 Å². The number of ether oxygens (including phenoxy) is 1. The van der Waals surface area contributed by atoms with E-state index in [0.717, 1.165) is 29.7 Å². The first-order chi connectivity index (χ1) is 15.6. The molecule has 2 atom stereocenters.